The quantitative estimate of drug-likeness (QED) is 0.340. The van der Waals surface area contributed by atoms with Gasteiger partial charge in [0.05, 0.1) is 5.70 Å². The number of halogens is 3. The summed E-state index contributed by atoms with van der Waals surface area (Å²) in [4.78, 5) is 4.36. The van der Waals surface area contributed by atoms with E-state index < -0.39 is 12.1 Å². The van der Waals surface area contributed by atoms with E-state index in [1.54, 1.807) is 22.9 Å². The molecule has 2 unspecified atom stereocenters. The van der Waals surface area contributed by atoms with Crippen LogP contribution in [-0.2, 0) is 0 Å². The summed E-state index contributed by atoms with van der Waals surface area (Å²) < 4.78 is 24.3. The summed E-state index contributed by atoms with van der Waals surface area (Å²) in [6.07, 6.45) is 0.980. The Morgan fingerprint density at radius 3 is 2.78 bits per heavy atom. The highest BCUT2D eigenvalue weighted by molar-refractivity contribution is 9.10. The van der Waals surface area contributed by atoms with Crippen LogP contribution in [0.1, 0.15) is 28.8 Å². The zero-order chi connectivity index (χ0) is 21.8. The summed E-state index contributed by atoms with van der Waals surface area (Å²) in [6, 6.07) is 19.6. The number of nitrogens with zero attached hydrogens (tertiary/aromatic N) is 3. The van der Waals surface area contributed by atoms with Crippen molar-refractivity contribution < 1.29 is 9.13 Å². The van der Waals surface area contributed by atoms with Gasteiger partial charge in [-0.15, -0.1) is 0 Å². The van der Waals surface area contributed by atoms with Gasteiger partial charge < -0.3 is 10.1 Å². The van der Waals surface area contributed by atoms with Gasteiger partial charge in [-0.2, -0.15) is 10.1 Å². The van der Waals surface area contributed by atoms with E-state index in [-0.39, 0.29) is 5.82 Å². The molecule has 0 aliphatic carbocycles. The van der Waals surface area contributed by atoms with Crippen LogP contribution >= 0.6 is 27.5 Å². The number of ether oxygens (including phenoxy) is 1. The lowest BCUT2D eigenvalue weighted by molar-refractivity contribution is 0.222. The van der Waals surface area contributed by atoms with Crippen LogP contribution in [0.2, 0.25) is 5.02 Å². The van der Waals surface area contributed by atoms with Crippen LogP contribution in [0.15, 0.2) is 83.1 Å². The molecule has 2 atom stereocenters. The Labute approximate surface area is 196 Å². The van der Waals surface area contributed by atoms with Gasteiger partial charge in [-0.3, -0.25) is 0 Å². The maximum atomic E-state index is 15.1. The average molecular weight is 510 g/mol. The predicted octanol–water partition coefficient (Wildman–Crippen LogP) is 6.39. The fraction of sp³-hybridized carbons (Fsp3) is 0.0833. The number of hydrogen-bond acceptors (Lipinski definition) is 4. The van der Waals surface area contributed by atoms with Gasteiger partial charge in [0.15, 0.2) is 0 Å². The lowest BCUT2D eigenvalue weighted by Gasteiger charge is -2.39. The molecule has 0 saturated carbocycles. The molecule has 32 heavy (non-hydrogen) atoms. The number of nitrogens with one attached hydrogen (secondary N) is 1. The van der Waals surface area contributed by atoms with E-state index in [2.05, 4.69) is 31.3 Å². The molecule has 0 radical (unpaired) electrons. The Morgan fingerprint density at radius 2 is 1.94 bits per heavy atom. The van der Waals surface area contributed by atoms with Crippen molar-refractivity contribution in [2.45, 2.75) is 12.1 Å². The third kappa shape index (κ3) is 3.04. The topological polar surface area (TPSA) is 52.0 Å². The number of rotatable bonds is 2. The van der Waals surface area contributed by atoms with Crippen molar-refractivity contribution in [3.8, 4) is 5.75 Å². The van der Waals surface area contributed by atoms with Crippen LogP contribution in [-0.4, -0.2) is 14.8 Å². The fourth-order valence-corrected chi connectivity index (χ4v) is 4.97. The van der Waals surface area contributed by atoms with Crippen molar-refractivity contribution in [3.63, 3.8) is 0 Å². The summed E-state index contributed by atoms with van der Waals surface area (Å²) in [6.45, 7) is 0. The Morgan fingerprint density at radius 1 is 1.06 bits per heavy atom. The number of aromatic nitrogens is 3. The van der Waals surface area contributed by atoms with E-state index in [4.69, 9.17) is 16.3 Å². The first kappa shape index (κ1) is 19.5. The first-order valence-corrected chi connectivity index (χ1v) is 11.1. The molecule has 158 valence electrons. The SMILES string of the molecule is Fc1ccccc1C1C2=C(Nc3ncnn31)c1cc(Cl)ccc1OC2c1cccc(Br)c1. The minimum atomic E-state index is -0.555. The van der Waals surface area contributed by atoms with Gasteiger partial charge in [-0.05, 0) is 42.0 Å². The number of anilines is 1. The van der Waals surface area contributed by atoms with Gasteiger partial charge in [0.25, 0.3) is 0 Å². The highest BCUT2D eigenvalue weighted by Crippen LogP contribution is 2.51. The molecule has 1 N–H and O–H groups in total. The minimum absolute atomic E-state index is 0.322. The van der Waals surface area contributed by atoms with Crippen LogP contribution in [0.3, 0.4) is 0 Å². The predicted molar refractivity (Wildman–Crippen MR) is 124 cm³/mol. The molecule has 5 nitrogen and oxygen atoms in total. The second kappa shape index (κ2) is 7.46. The van der Waals surface area contributed by atoms with Crippen molar-refractivity contribution in [3.05, 3.63) is 111 Å². The Kier molecular flexibility index (Phi) is 4.55. The lowest BCUT2D eigenvalue weighted by Crippen LogP contribution is -2.32. The lowest BCUT2D eigenvalue weighted by atomic mass is 9.84. The minimum Gasteiger partial charge on any atom is -0.480 e. The van der Waals surface area contributed by atoms with Crippen molar-refractivity contribution in [1.82, 2.24) is 14.8 Å². The molecular formula is C24H15BrClFN4O. The summed E-state index contributed by atoms with van der Waals surface area (Å²) in [5.41, 5.74) is 3.85. The highest BCUT2D eigenvalue weighted by Gasteiger charge is 2.41. The van der Waals surface area contributed by atoms with E-state index in [9.17, 15) is 0 Å². The summed E-state index contributed by atoms with van der Waals surface area (Å²) >= 11 is 9.89. The van der Waals surface area contributed by atoms with Crippen molar-refractivity contribution >= 4 is 39.2 Å². The Hall–Kier alpha value is -3.16. The maximum Gasteiger partial charge on any atom is 0.226 e. The van der Waals surface area contributed by atoms with Gasteiger partial charge in [-0.1, -0.05) is 57.9 Å². The molecule has 3 aromatic carbocycles. The average Bonchev–Trinajstić information content (AvgIpc) is 3.26. The molecule has 2 aliphatic heterocycles. The molecule has 0 fully saturated rings. The van der Waals surface area contributed by atoms with Crippen LogP contribution in [0.5, 0.6) is 5.75 Å². The molecule has 1 aromatic heterocycles. The third-order valence-electron chi connectivity index (χ3n) is 5.73. The van der Waals surface area contributed by atoms with Crippen LogP contribution in [0.4, 0.5) is 10.3 Å². The van der Waals surface area contributed by atoms with Crippen LogP contribution in [0, 0.1) is 5.82 Å². The molecule has 0 saturated heterocycles. The Bertz CT molecular complexity index is 1400. The molecule has 6 rings (SSSR count). The van der Waals surface area contributed by atoms with Gasteiger partial charge >= 0.3 is 0 Å². The first-order valence-electron chi connectivity index (χ1n) is 9.97. The third-order valence-corrected chi connectivity index (χ3v) is 6.46. The second-order valence-corrected chi connectivity index (χ2v) is 8.95. The normalized spacial score (nSPS) is 18.8. The van der Waals surface area contributed by atoms with Crippen molar-refractivity contribution in [1.29, 1.82) is 0 Å². The van der Waals surface area contributed by atoms with Gasteiger partial charge in [0, 0.05) is 26.2 Å². The van der Waals surface area contributed by atoms with Crippen molar-refractivity contribution in [2.75, 3.05) is 5.32 Å². The number of benzene rings is 3. The molecule has 4 aromatic rings. The molecule has 3 heterocycles. The molecule has 2 aliphatic rings. The highest BCUT2D eigenvalue weighted by atomic mass is 79.9. The summed E-state index contributed by atoms with van der Waals surface area (Å²) in [5.74, 6) is 0.890. The molecule has 0 spiro atoms. The van der Waals surface area contributed by atoms with Gasteiger partial charge in [0.2, 0.25) is 5.95 Å². The molecular weight excluding hydrogens is 495 g/mol. The van der Waals surface area contributed by atoms with Crippen LogP contribution in [0.25, 0.3) is 5.70 Å². The monoisotopic (exact) mass is 508 g/mol. The zero-order valence-corrected chi connectivity index (χ0v) is 18.8. The number of fused-ring (bicyclic) bond motifs is 3. The fourth-order valence-electron chi connectivity index (χ4n) is 4.38. The van der Waals surface area contributed by atoms with E-state index in [0.29, 0.717) is 22.3 Å². The zero-order valence-electron chi connectivity index (χ0n) is 16.5. The van der Waals surface area contributed by atoms with E-state index in [1.807, 2.05) is 42.5 Å². The van der Waals surface area contributed by atoms with E-state index in [1.165, 1.54) is 12.4 Å². The molecule has 0 bridgehead atoms. The summed E-state index contributed by atoms with van der Waals surface area (Å²) in [5, 5.41) is 8.39. The van der Waals surface area contributed by atoms with E-state index in [0.717, 1.165) is 26.9 Å². The van der Waals surface area contributed by atoms with Gasteiger partial charge in [0.1, 0.15) is 30.0 Å². The molecule has 0 amide bonds. The van der Waals surface area contributed by atoms with E-state index >= 15 is 4.39 Å². The largest absolute Gasteiger partial charge is 0.480 e. The van der Waals surface area contributed by atoms with Gasteiger partial charge in [-0.25, -0.2) is 9.07 Å². The standard InChI is InChI=1S/C24H15BrClFN4O/c25-14-5-3-4-13(10-14)23-20-21(17-11-15(26)8-9-19(17)32-23)30-24-28-12-29-31(24)22(20)16-6-1-2-7-18(16)27/h1-12,22-23H,(H,28,29,30). The van der Waals surface area contributed by atoms with Crippen molar-refractivity contribution in [2.24, 2.45) is 0 Å². The summed E-state index contributed by atoms with van der Waals surface area (Å²) in [7, 11) is 0. The smallest absolute Gasteiger partial charge is 0.226 e. The first-order chi connectivity index (χ1) is 15.6. The number of hydrogen-bond donors (Lipinski definition) is 1. The second-order valence-electron chi connectivity index (χ2n) is 7.60. The molecule has 8 heteroatoms. The Balaban J connectivity index is 1.67. The maximum absolute atomic E-state index is 15.1. The van der Waals surface area contributed by atoms with Crippen LogP contribution < -0.4 is 10.1 Å².